The molecule has 2 amide bonds. The molecule has 8 heteroatoms. The number of carbonyl (C=O) groups excluding carboxylic acids is 1. The lowest BCUT2D eigenvalue weighted by atomic mass is 10.2. The smallest absolute Gasteiger partial charge is 0.320 e. The van der Waals surface area contributed by atoms with E-state index in [-0.39, 0.29) is 6.03 Å². The largest absolute Gasteiger partial charge is 0.323 e. The Labute approximate surface area is 155 Å². The first-order valence-corrected chi connectivity index (χ1v) is 9.38. The van der Waals surface area contributed by atoms with Gasteiger partial charge >= 0.3 is 6.03 Å². The molecule has 0 N–H and O–H groups in total. The number of nitrogens with zero attached hydrogens (tertiary/aromatic N) is 6. The van der Waals surface area contributed by atoms with Gasteiger partial charge in [-0.3, -0.25) is 4.98 Å². The number of carbonyl (C=O) groups is 1. The van der Waals surface area contributed by atoms with Gasteiger partial charge in [-0.15, -0.1) is 5.10 Å². The topological polar surface area (TPSA) is 67.2 Å². The van der Waals surface area contributed by atoms with E-state index in [1.807, 2.05) is 35.9 Å². The van der Waals surface area contributed by atoms with Gasteiger partial charge in [0.1, 0.15) is 5.69 Å². The SMILES string of the molecule is Cc1nc(-c2nnn(C)c2CN2CCN(CC3CC3)C2=O)ccc1Br. The lowest BCUT2D eigenvalue weighted by Gasteiger charge is -2.18. The highest BCUT2D eigenvalue weighted by molar-refractivity contribution is 9.10. The number of amides is 2. The molecule has 0 unspecified atom stereocenters. The van der Waals surface area contributed by atoms with E-state index < -0.39 is 0 Å². The van der Waals surface area contributed by atoms with Gasteiger partial charge in [-0.25, -0.2) is 9.48 Å². The van der Waals surface area contributed by atoms with Crippen LogP contribution in [0.15, 0.2) is 16.6 Å². The maximum Gasteiger partial charge on any atom is 0.320 e. The highest BCUT2D eigenvalue weighted by Crippen LogP contribution is 2.31. The molecule has 132 valence electrons. The van der Waals surface area contributed by atoms with Crippen molar-refractivity contribution in [3.05, 3.63) is 28.0 Å². The fraction of sp³-hybridized carbons (Fsp3) is 0.529. The van der Waals surface area contributed by atoms with Crippen LogP contribution in [0.1, 0.15) is 24.2 Å². The minimum atomic E-state index is 0.124. The molecule has 25 heavy (non-hydrogen) atoms. The minimum absolute atomic E-state index is 0.124. The van der Waals surface area contributed by atoms with Gasteiger partial charge in [-0.2, -0.15) is 0 Å². The molecule has 1 aliphatic heterocycles. The van der Waals surface area contributed by atoms with E-state index in [2.05, 4.69) is 31.2 Å². The van der Waals surface area contributed by atoms with Crippen LogP contribution in [-0.4, -0.2) is 55.4 Å². The van der Waals surface area contributed by atoms with Crippen LogP contribution in [0.25, 0.3) is 11.4 Å². The van der Waals surface area contributed by atoms with Crippen molar-refractivity contribution in [2.45, 2.75) is 26.3 Å². The third-order valence-corrected chi connectivity index (χ3v) is 5.74. The Morgan fingerprint density at radius 1 is 1.24 bits per heavy atom. The van der Waals surface area contributed by atoms with Crippen LogP contribution >= 0.6 is 15.9 Å². The van der Waals surface area contributed by atoms with E-state index in [1.54, 1.807) is 4.68 Å². The first-order chi connectivity index (χ1) is 12.0. The standard InChI is InChI=1S/C17H21BrN6O/c1-11-13(18)5-6-14(19-11)16-15(22(2)21-20-16)10-24-8-7-23(17(24)25)9-12-3-4-12/h5-6,12H,3-4,7-10H2,1-2H3. The molecule has 0 spiro atoms. The molecule has 4 rings (SSSR count). The molecule has 2 aromatic rings. The highest BCUT2D eigenvalue weighted by Gasteiger charge is 2.34. The zero-order chi connectivity index (χ0) is 17.6. The van der Waals surface area contributed by atoms with E-state index >= 15 is 0 Å². The Hall–Kier alpha value is -1.96. The van der Waals surface area contributed by atoms with E-state index in [4.69, 9.17) is 0 Å². The summed E-state index contributed by atoms with van der Waals surface area (Å²) < 4.78 is 2.71. The van der Waals surface area contributed by atoms with Gasteiger partial charge in [0, 0.05) is 31.2 Å². The summed E-state index contributed by atoms with van der Waals surface area (Å²) in [6, 6.07) is 4.02. The summed E-state index contributed by atoms with van der Waals surface area (Å²) in [6.45, 7) is 4.92. The summed E-state index contributed by atoms with van der Waals surface area (Å²) in [6.07, 6.45) is 2.52. The second-order valence-electron chi connectivity index (χ2n) is 6.87. The first kappa shape index (κ1) is 16.5. The van der Waals surface area contributed by atoms with Crippen LogP contribution in [0.3, 0.4) is 0 Å². The number of halogens is 1. The second kappa shape index (κ2) is 6.40. The summed E-state index contributed by atoms with van der Waals surface area (Å²) in [5.41, 5.74) is 3.34. The molecule has 0 bridgehead atoms. The highest BCUT2D eigenvalue weighted by atomic mass is 79.9. The fourth-order valence-electron chi connectivity index (χ4n) is 3.17. The predicted octanol–water partition coefficient (Wildman–Crippen LogP) is 2.60. The van der Waals surface area contributed by atoms with E-state index in [9.17, 15) is 4.79 Å². The molecule has 1 saturated heterocycles. The Morgan fingerprint density at radius 3 is 2.72 bits per heavy atom. The summed E-state index contributed by atoms with van der Waals surface area (Å²) in [7, 11) is 1.86. The van der Waals surface area contributed by atoms with Gasteiger partial charge in [0.05, 0.1) is 23.6 Å². The van der Waals surface area contributed by atoms with E-state index in [0.717, 1.165) is 46.9 Å². The normalized spacial score (nSPS) is 17.6. The van der Waals surface area contributed by atoms with Gasteiger partial charge in [0.15, 0.2) is 0 Å². The lowest BCUT2D eigenvalue weighted by Crippen LogP contribution is -2.33. The molecule has 2 aliphatic rings. The molecule has 3 heterocycles. The molecule has 1 aliphatic carbocycles. The Bertz CT molecular complexity index is 815. The van der Waals surface area contributed by atoms with Crippen molar-refractivity contribution in [2.24, 2.45) is 13.0 Å². The third kappa shape index (κ3) is 3.27. The van der Waals surface area contributed by atoms with Crippen LogP contribution in [-0.2, 0) is 13.6 Å². The van der Waals surface area contributed by atoms with Crippen molar-refractivity contribution in [1.29, 1.82) is 0 Å². The molecule has 0 radical (unpaired) electrons. The van der Waals surface area contributed by atoms with Gasteiger partial charge in [-0.1, -0.05) is 5.21 Å². The third-order valence-electron chi connectivity index (χ3n) is 4.90. The summed E-state index contributed by atoms with van der Waals surface area (Å²) in [5, 5.41) is 8.44. The van der Waals surface area contributed by atoms with Gasteiger partial charge < -0.3 is 9.80 Å². The van der Waals surface area contributed by atoms with Crippen molar-refractivity contribution in [1.82, 2.24) is 29.8 Å². The number of aryl methyl sites for hydroxylation is 2. The molecule has 0 aromatic carbocycles. The average molecular weight is 405 g/mol. The lowest BCUT2D eigenvalue weighted by molar-refractivity contribution is 0.188. The molecule has 0 atom stereocenters. The number of hydrogen-bond donors (Lipinski definition) is 0. The average Bonchev–Trinajstić information content (AvgIpc) is 3.25. The number of urea groups is 1. The molecule has 7 nitrogen and oxygen atoms in total. The molecule has 2 aromatic heterocycles. The predicted molar refractivity (Wildman–Crippen MR) is 96.8 cm³/mol. The Morgan fingerprint density at radius 2 is 2.00 bits per heavy atom. The van der Waals surface area contributed by atoms with Gasteiger partial charge in [0.25, 0.3) is 0 Å². The number of pyridine rings is 1. The van der Waals surface area contributed by atoms with Crippen molar-refractivity contribution < 1.29 is 4.79 Å². The zero-order valence-corrected chi connectivity index (χ0v) is 16.0. The monoisotopic (exact) mass is 404 g/mol. The second-order valence-corrected chi connectivity index (χ2v) is 7.72. The molecular formula is C17H21BrN6O. The molecule has 2 fully saturated rings. The van der Waals surface area contributed by atoms with Gasteiger partial charge in [-0.05, 0) is 53.7 Å². The van der Waals surface area contributed by atoms with Crippen LogP contribution in [0.5, 0.6) is 0 Å². The van der Waals surface area contributed by atoms with Crippen LogP contribution < -0.4 is 0 Å². The maximum absolute atomic E-state index is 12.6. The minimum Gasteiger partial charge on any atom is -0.323 e. The Kier molecular flexibility index (Phi) is 4.23. The van der Waals surface area contributed by atoms with Crippen molar-refractivity contribution >= 4 is 22.0 Å². The van der Waals surface area contributed by atoms with Crippen LogP contribution in [0.2, 0.25) is 0 Å². The summed E-state index contributed by atoms with van der Waals surface area (Å²) in [4.78, 5) is 21.1. The van der Waals surface area contributed by atoms with Crippen molar-refractivity contribution in [2.75, 3.05) is 19.6 Å². The van der Waals surface area contributed by atoms with Crippen LogP contribution in [0, 0.1) is 12.8 Å². The number of rotatable bonds is 5. The number of hydrogen-bond acceptors (Lipinski definition) is 4. The molecular weight excluding hydrogens is 384 g/mol. The number of aromatic nitrogens is 4. The van der Waals surface area contributed by atoms with Gasteiger partial charge in [0.2, 0.25) is 0 Å². The van der Waals surface area contributed by atoms with E-state index in [1.165, 1.54) is 12.8 Å². The van der Waals surface area contributed by atoms with Crippen LogP contribution in [0.4, 0.5) is 4.79 Å². The maximum atomic E-state index is 12.6. The zero-order valence-electron chi connectivity index (χ0n) is 14.4. The van der Waals surface area contributed by atoms with Crippen molar-refractivity contribution in [3.8, 4) is 11.4 Å². The van der Waals surface area contributed by atoms with E-state index in [0.29, 0.717) is 12.5 Å². The fourth-order valence-corrected chi connectivity index (χ4v) is 3.39. The quantitative estimate of drug-likeness (QED) is 0.767. The summed E-state index contributed by atoms with van der Waals surface area (Å²) >= 11 is 3.47. The van der Waals surface area contributed by atoms with Crippen molar-refractivity contribution in [3.63, 3.8) is 0 Å². The Balaban J connectivity index is 1.55. The first-order valence-electron chi connectivity index (χ1n) is 8.59. The summed E-state index contributed by atoms with van der Waals surface area (Å²) in [5.74, 6) is 0.716. The molecule has 1 saturated carbocycles.